The van der Waals surface area contributed by atoms with E-state index in [2.05, 4.69) is 4.98 Å². The summed E-state index contributed by atoms with van der Waals surface area (Å²) in [7, 11) is 4.69. The normalized spacial score (nSPS) is 10.3. The zero-order chi connectivity index (χ0) is 12.4. The van der Waals surface area contributed by atoms with Crippen molar-refractivity contribution in [2.24, 2.45) is 0 Å². The lowest BCUT2D eigenvalue weighted by Crippen LogP contribution is -1.99. The van der Waals surface area contributed by atoms with Gasteiger partial charge in [-0.15, -0.1) is 0 Å². The SMILES string of the molecule is COc1cc2ccnc(N)c2c(OC)c1OC. The van der Waals surface area contributed by atoms with Crippen molar-refractivity contribution in [2.75, 3.05) is 27.1 Å². The van der Waals surface area contributed by atoms with Crippen molar-refractivity contribution in [3.05, 3.63) is 18.3 Å². The molecule has 5 heteroatoms. The van der Waals surface area contributed by atoms with Crippen LogP contribution in [0.2, 0.25) is 0 Å². The van der Waals surface area contributed by atoms with E-state index < -0.39 is 0 Å². The summed E-state index contributed by atoms with van der Waals surface area (Å²) in [5, 5.41) is 1.62. The Morgan fingerprint density at radius 2 is 1.76 bits per heavy atom. The fourth-order valence-electron chi connectivity index (χ4n) is 1.83. The number of anilines is 1. The summed E-state index contributed by atoms with van der Waals surface area (Å²) in [5.41, 5.74) is 5.86. The van der Waals surface area contributed by atoms with Crippen LogP contribution in [-0.4, -0.2) is 26.3 Å². The van der Waals surface area contributed by atoms with E-state index in [0.717, 1.165) is 10.8 Å². The van der Waals surface area contributed by atoms with E-state index >= 15 is 0 Å². The molecule has 0 bridgehead atoms. The van der Waals surface area contributed by atoms with Gasteiger partial charge in [0.2, 0.25) is 5.75 Å². The highest BCUT2D eigenvalue weighted by atomic mass is 16.5. The third-order valence-electron chi connectivity index (χ3n) is 2.58. The van der Waals surface area contributed by atoms with Crippen LogP contribution in [0.5, 0.6) is 17.2 Å². The Bertz CT molecular complexity index is 555. The average molecular weight is 234 g/mol. The summed E-state index contributed by atoms with van der Waals surface area (Å²) in [5.74, 6) is 2.05. The van der Waals surface area contributed by atoms with Gasteiger partial charge in [0.15, 0.2) is 11.5 Å². The van der Waals surface area contributed by atoms with Crippen molar-refractivity contribution in [3.8, 4) is 17.2 Å². The van der Waals surface area contributed by atoms with E-state index in [4.69, 9.17) is 19.9 Å². The number of nitrogens with two attached hydrogens (primary N) is 1. The first kappa shape index (κ1) is 11.3. The van der Waals surface area contributed by atoms with Gasteiger partial charge in [-0.1, -0.05) is 0 Å². The number of fused-ring (bicyclic) bond motifs is 1. The summed E-state index contributed by atoms with van der Waals surface area (Å²) >= 11 is 0. The van der Waals surface area contributed by atoms with Gasteiger partial charge in [-0.2, -0.15) is 0 Å². The number of pyridine rings is 1. The smallest absolute Gasteiger partial charge is 0.204 e. The lowest BCUT2D eigenvalue weighted by Gasteiger charge is -2.15. The molecule has 1 aromatic heterocycles. The molecule has 17 heavy (non-hydrogen) atoms. The Labute approximate surface area is 99.1 Å². The number of benzene rings is 1. The topological polar surface area (TPSA) is 66.6 Å². The Balaban J connectivity index is 2.90. The fourth-order valence-corrected chi connectivity index (χ4v) is 1.83. The molecule has 90 valence electrons. The number of hydrogen-bond acceptors (Lipinski definition) is 5. The van der Waals surface area contributed by atoms with Gasteiger partial charge in [0, 0.05) is 6.20 Å². The number of nitrogen functional groups attached to an aromatic ring is 1. The molecule has 0 unspecified atom stereocenters. The largest absolute Gasteiger partial charge is 0.493 e. The number of nitrogens with zero attached hydrogens (tertiary/aromatic N) is 1. The summed E-state index contributed by atoms with van der Waals surface area (Å²) in [6, 6.07) is 3.69. The molecular formula is C12H14N2O3. The molecule has 2 rings (SSSR count). The van der Waals surface area contributed by atoms with Crippen molar-refractivity contribution in [1.29, 1.82) is 0 Å². The minimum absolute atomic E-state index is 0.403. The van der Waals surface area contributed by atoms with E-state index in [0.29, 0.717) is 23.1 Å². The molecular weight excluding hydrogens is 220 g/mol. The van der Waals surface area contributed by atoms with Crippen molar-refractivity contribution >= 4 is 16.6 Å². The summed E-state index contributed by atoms with van der Waals surface area (Å²) in [6.45, 7) is 0. The van der Waals surface area contributed by atoms with Gasteiger partial charge in [-0.25, -0.2) is 4.98 Å². The zero-order valence-electron chi connectivity index (χ0n) is 9.98. The summed E-state index contributed by atoms with van der Waals surface area (Å²) in [4.78, 5) is 4.05. The van der Waals surface area contributed by atoms with Crippen molar-refractivity contribution in [3.63, 3.8) is 0 Å². The summed E-state index contributed by atoms with van der Waals surface area (Å²) in [6.07, 6.45) is 1.64. The maximum absolute atomic E-state index is 5.86. The molecule has 0 saturated carbocycles. The number of hydrogen-bond donors (Lipinski definition) is 1. The molecule has 5 nitrogen and oxygen atoms in total. The highest BCUT2D eigenvalue weighted by molar-refractivity contribution is 5.99. The monoisotopic (exact) mass is 234 g/mol. The van der Waals surface area contributed by atoms with Crippen LogP contribution in [0, 0.1) is 0 Å². The van der Waals surface area contributed by atoms with E-state index in [1.807, 2.05) is 12.1 Å². The molecule has 0 spiro atoms. The molecule has 2 N–H and O–H groups in total. The molecule has 0 aliphatic carbocycles. The van der Waals surface area contributed by atoms with Gasteiger partial charge >= 0.3 is 0 Å². The highest BCUT2D eigenvalue weighted by Gasteiger charge is 2.17. The van der Waals surface area contributed by atoms with Crippen LogP contribution >= 0.6 is 0 Å². The van der Waals surface area contributed by atoms with Crippen LogP contribution in [-0.2, 0) is 0 Å². The quantitative estimate of drug-likeness (QED) is 0.877. The second-order valence-corrected chi connectivity index (χ2v) is 3.44. The van der Waals surface area contributed by atoms with Crippen LogP contribution in [0.15, 0.2) is 18.3 Å². The molecule has 0 fully saturated rings. The second kappa shape index (κ2) is 4.37. The lowest BCUT2D eigenvalue weighted by molar-refractivity contribution is 0.327. The first-order valence-corrected chi connectivity index (χ1v) is 5.06. The molecule has 0 amide bonds. The Morgan fingerprint density at radius 1 is 1.06 bits per heavy atom. The third kappa shape index (κ3) is 1.69. The number of rotatable bonds is 3. The van der Waals surface area contributed by atoms with Gasteiger partial charge in [0.25, 0.3) is 0 Å². The molecule has 1 heterocycles. The zero-order valence-corrected chi connectivity index (χ0v) is 9.98. The van der Waals surface area contributed by atoms with Gasteiger partial charge in [-0.05, 0) is 17.5 Å². The Hall–Kier alpha value is -2.17. The third-order valence-corrected chi connectivity index (χ3v) is 2.58. The van der Waals surface area contributed by atoms with E-state index in [9.17, 15) is 0 Å². The van der Waals surface area contributed by atoms with E-state index in [-0.39, 0.29) is 0 Å². The maximum atomic E-state index is 5.86. The minimum Gasteiger partial charge on any atom is -0.493 e. The predicted octanol–water partition coefficient (Wildman–Crippen LogP) is 1.84. The maximum Gasteiger partial charge on any atom is 0.204 e. The average Bonchev–Trinajstić information content (AvgIpc) is 2.36. The Morgan fingerprint density at radius 3 is 2.35 bits per heavy atom. The second-order valence-electron chi connectivity index (χ2n) is 3.44. The van der Waals surface area contributed by atoms with Crippen molar-refractivity contribution in [2.45, 2.75) is 0 Å². The number of methoxy groups -OCH3 is 3. The molecule has 0 aliphatic rings. The highest BCUT2D eigenvalue weighted by Crippen LogP contribution is 2.44. The first-order valence-electron chi connectivity index (χ1n) is 5.06. The number of ether oxygens (including phenoxy) is 3. The Kier molecular flexibility index (Phi) is 2.91. The molecule has 1 aromatic carbocycles. The van der Waals surface area contributed by atoms with E-state index in [1.165, 1.54) is 0 Å². The predicted molar refractivity (Wildman–Crippen MR) is 65.8 cm³/mol. The number of aromatic nitrogens is 1. The van der Waals surface area contributed by atoms with Gasteiger partial charge < -0.3 is 19.9 Å². The standard InChI is InChI=1S/C12H14N2O3/c1-15-8-6-7-4-5-14-12(13)9(7)11(17-3)10(8)16-2/h4-6H,1-3H3,(H2,13,14). The lowest BCUT2D eigenvalue weighted by atomic mass is 10.1. The van der Waals surface area contributed by atoms with Crippen molar-refractivity contribution in [1.82, 2.24) is 4.98 Å². The molecule has 0 aliphatic heterocycles. The first-order chi connectivity index (χ1) is 8.22. The van der Waals surface area contributed by atoms with Gasteiger partial charge in [0.1, 0.15) is 5.82 Å². The van der Waals surface area contributed by atoms with Crippen LogP contribution in [0.3, 0.4) is 0 Å². The van der Waals surface area contributed by atoms with Crippen molar-refractivity contribution < 1.29 is 14.2 Å². The molecule has 0 atom stereocenters. The van der Waals surface area contributed by atoms with E-state index in [1.54, 1.807) is 27.5 Å². The molecule has 0 saturated heterocycles. The molecule has 0 radical (unpaired) electrons. The van der Waals surface area contributed by atoms with Crippen LogP contribution in [0.4, 0.5) is 5.82 Å². The van der Waals surface area contributed by atoms with Crippen LogP contribution in [0.1, 0.15) is 0 Å². The minimum atomic E-state index is 0.403. The van der Waals surface area contributed by atoms with Gasteiger partial charge in [0.05, 0.1) is 26.7 Å². The van der Waals surface area contributed by atoms with Crippen LogP contribution < -0.4 is 19.9 Å². The fraction of sp³-hybridized carbons (Fsp3) is 0.250. The van der Waals surface area contributed by atoms with Gasteiger partial charge in [-0.3, -0.25) is 0 Å². The summed E-state index contributed by atoms with van der Waals surface area (Å²) < 4.78 is 15.9. The van der Waals surface area contributed by atoms with Crippen LogP contribution in [0.25, 0.3) is 10.8 Å². The molecule has 2 aromatic rings.